The molecule has 72 valence electrons. The molecule has 12 heavy (non-hydrogen) atoms. The maximum atomic E-state index is 5.18. The van der Waals surface area contributed by atoms with Crippen LogP contribution >= 0.6 is 0 Å². The summed E-state index contributed by atoms with van der Waals surface area (Å²) in [5, 5.41) is 3.65. The van der Waals surface area contributed by atoms with Gasteiger partial charge in [0, 0.05) is 13.2 Å². The number of ether oxygens (including phenoxy) is 2. The molecule has 4 nitrogen and oxygen atoms in total. The van der Waals surface area contributed by atoms with Gasteiger partial charge in [-0.25, -0.2) is 0 Å². The monoisotopic (exact) mass is 175 g/mol. The van der Waals surface area contributed by atoms with Crippen LogP contribution in [0.15, 0.2) is 5.16 Å². The van der Waals surface area contributed by atoms with E-state index in [0.29, 0.717) is 19.8 Å². The lowest BCUT2D eigenvalue weighted by Crippen LogP contribution is -2.18. The Bertz CT molecular complexity index is 111. The molecule has 0 aromatic carbocycles. The lowest BCUT2D eigenvalue weighted by atomic mass is 10.6. The summed E-state index contributed by atoms with van der Waals surface area (Å²) in [6.07, 6.45) is 1.13. The molecule has 0 aliphatic rings. The molecular weight excluding hydrogens is 158 g/mol. The molecule has 0 radical (unpaired) electrons. The predicted octanol–water partition coefficient (Wildman–Crippen LogP) is 1.41. The lowest BCUT2D eigenvalue weighted by Gasteiger charge is -2.10. The van der Waals surface area contributed by atoms with Crippen molar-refractivity contribution in [2.75, 3.05) is 19.8 Å². The van der Waals surface area contributed by atoms with E-state index in [1.807, 2.05) is 20.8 Å². The zero-order chi connectivity index (χ0) is 9.23. The Balaban J connectivity index is 3.60. The smallest absolute Gasteiger partial charge is 0.197 e. The first-order chi connectivity index (χ1) is 5.85. The van der Waals surface area contributed by atoms with Gasteiger partial charge in [0.25, 0.3) is 0 Å². The van der Waals surface area contributed by atoms with Crippen molar-refractivity contribution in [1.82, 2.24) is 0 Å². The van der Waals surface area contributed by atoms with Gasteiger partial charge in [-0.15, -0.1) is 0 Å². The molecule has 0 amide bonds. The first kappa shape index (κ1) is 11.4. The summed E-state index contributed by atoms with van der Waals surface area (Å²) in [7, 11) is 0. The standard InChI is InChI=1S/C8H17NO3/c1-4-10-8(11-5-2)7-9-12-6-3/h7-8H,4-6H2,1-3H3/b9-7+. The van der Waals surface area contributed by atoms with E-state index in [4.69, 9.17) is 14.3 Å². The Labute approximate surface area is 73.5 Å². The van der Waals surface area contributed by atoms with Crippen LogP contribution in [0.25, 0.3) is 0 Å². The molecule has 0 unspecified atom stereocenters. The first-order valence-electron chi connectivity index (χ1n) is 4.23. The van der Waals surface area contributed by atoms with Gasteiger partial charge in [-0.1, -0.05) is 5.16 Å². The highest BCUT2D eigenvalue weighted by atomic mass is 16.7. The molecule has 4 heteroatoms. The molecule has 0 heterocycles. The quantitative estimate of drug-likeness (QED) is 0.333. The Kier molecular flexibility index (Phi) is 8.05. The summed E-state index contributed by atoms with van der Waals surface area (Å²) in [6, 6.07) is 0. The lowest BCUT2D eigenvalue weighted by molar-refractivity contribution is -0.0883. The van der Waals surface area contributed by atoms with E-state index in [-0.39, 0.29) is 6.29 Å². The van der Waals surface area contributed by atoms with Crippen LogP contribution < -0.4 is 0 Å². The highest BCUT2D eigenvalue weighted by molar-refractivity contribution is 5.60. The second kappa shape index (κ2) is 8.49. The minimum Gasteiger partial charge on any atom is -0.396 e. The van der Waals surface area contributed by atoms with Crippen LogP contribution in [0.5, 0.6) is 0 Å². The van der Waals surface area contributed by atoms with Crippen LogP contribution in [0, 0.1) is 0 Å². The highest BCUT2D eigenvalue weighted by Crippen LogP contribution is 1.91. The topological polar surface area (TPSA) is 40.0 Å². The maximum absolute atomic E-state index is 5.18. The van der Waals surface area contributed by atoms with Crippen LogP contribution in [0.1, 0.15) is 20.8 Å². The van der Waals surface area contributed by atoms with E-state index in [1.54, 1.807) is 0 Å². The van der Waals surface area contributed by atoms with Crippen LogP contribution in [0.4, 0.5) is 0 Å². The van der Waals surface area contributed by atoms with Gasteiger partial charge in [0.1, 0.15) is 6.61 Å². The second-order valence-electron chi connectivity index (χ2n) is 1.95. The Morgan fingerprint density at radius 1 is 1.08 bits per heavy atom. The number of nitrogens with zero attached hydrogens (tertiary/aromatic N) is 1. The molecule has 0 aliphatic carbocycles. The molecule has 0 aromatic rings. The summed E-state index contributed by atoms with van der Waals surface area (Å²) in [6.45, 7) is 7.43. The molecule has 0 fully saturated rings. The largest absolute Gasteiger partial charge is 0.396 e. The van der Waals surface area contributed by atoms with Crippen molar-refractivity contribution < 1.29 is 14.3 Å². The van der Waals surface area contributed by atoms with E-state index in [1.165, 1.54) is 6.21 Å². The molecule has 0 spiro atoms. The average Bonchev–Trinajstić information content (AvgIpc) is 2.06. The van der Waals surface area contributed by atoms with Gasteiger partial charge in [0.15, 0.2) is 6.29 Å². The third-order valence-electron chi connectivity index (χ3n) is 1.05. The van der Waals surface area contributed by atoms with E-state index < -0.39 is 0 Å². The summed E-state index contributed by atoms with van der Waals surface area (Å²) in [5.74, 6) is 0. The minimum absolute atomic E-state index is 0.383. The summed E-state index contributed by atoms with van der Waals surface area (Å²) < 4.78 is 10.4. The van der Waals surface area contributed by atoms with Crippen LogP contribution in [-0.2, 0) is 14.3 Å². The Morgan fingerprint density at radius 2 is 1.67 bits per heavy atom. The molecule has 0 atom stereocenters. The molecule has 0 aliphatic heterocycles. The zero-order valence-corrected chi connectivity index (χ0v) is 7.95. The number of oxime groups is 1. The average molecular weight is 175 g/mol. The third-order valence-corrected chi connectivity index (χ3v) is 1.05. The van der Waals surface area contributed by atoms with Gasteiger partial charge in [0.05, 0.1) is 6.21 Å². The van der Waals surface area contributed by atoms with Gasteiger partial charge in [-0.3, -0.25) is 0 Å². The molecule has 0 rings (SSSR count). The zero-order valence-electron chi connectivity index (χ0n) is 7.95. The number of hydrogen-bond donors (Lipinski definition) is 0. The van der Waals surface area contributed by atoms with Crippen LogP contribution in [0.3, 0.4) is 0 Å². The molecule has 0 aromatic heterocycles. The van der Waals surface area contributed by atoms with Crippen molar-refractivity contribution in [3.63, 3.8) is 0 Å². The fourth-order valence-electron chi connectivity index (χ4n) is 0.630. The van der Waals surface area contributed by atoms with Crippen molar-refractivity contribution in [2.24, 2.45) is 5.16 Å². The molecule has 0 saturated carbocycles. The normalized spacial score (nSPS) is 11.3. The van der Waals surface area contributed by atoms with E-state index in [9.17, 15) is 0 Å². The highest BCUT2D eigenvalue weighted by Gasteiger charge is 2.02. The van der Waals surface area contributed by atoms with Gasteiger partial charge in [0.2, 0.25) is 0 Å². The maximum Gasteiger partial charge on any atom is 0.197 e. The van der Waals surface area contributed by atoms with Gasteiger partial charge in [-0.05, 0) is 20.8 Å². The van der Waals surface area contributed by atoms with E-state index in [0.717, 1.165) is 0 Å². The molecule has 0 N–H and O–H groups in total. The van der Waals surface area contributed by atoms with Crippen LogP contribution in [0.2, 0.25) is 0 Å². The first-order valence-corrected chi connectivity index (χ1v) is 4.23. The number of rotatable bonds is 7. The predicted molar refractivity (Wildman–Crippen MR) is 47.2 cm³/mol. The summed E-state index contributed by atoms with van der Waals surface area (Å²) in [5.41, 5.74) is 0. The molecule has 0 bridgehead atoms. The fraction of sp³-hybridized carbons (Fsp3) is 0.875. The van der Waals surface area contributed by atoms with Gasteiger partial charge < -0.3 is 14.3 Å². The Hall–Kier alpha value is -0.610. The van der Waals surface area contributed by atoms with Gasteiger partial charge >= 0.3 is 0 Å². The molecule has 0 saturated heterocycles. The van der Waals surface area contributed by atoms with Crippen molar-refractivity contribution >= 4 is 6.21 Å². The molecular formula is C8H17NO3. The minimum atomic E-state index is -0.383. The van der Waals surface area contributed by atoms with Crippen molar-refractivity contribution in [3.8, 4) is 0 Å². The third kappa shape index (κ3) is 6.12. The number of hydrogen-bond acceptors (Lipinski definition) is 4. The summed E-state index contributed by atoms with van der Waals surface area (Å²) in [4.78, 5) is 4.77. The van der Waals surface area contributed by atoms with Crippen molar-refractivity contribution in [3.05, 3.63) is 0 Å². The Morgan fingerprint density at radius 3 is 2.08 bits per heavy atom. The van der Waals surface area contributed by atoms with Crippen molar-refractivity contribution in [1.29, 1.82) is 0 Å². The summed E-state index contributed by atoms with van der Waals surface area (Å²) >= 11 is 0. The van der Waals surface area contributed by atoms with Crippen molar-refractivity contribution in [2.45, 2.75) is 27.1 Å². The van der Waals surface area contributed by atoms with Crippen LogP contribution in [-0.4, -0.2) is 32.3 Å². The second-order valence-corrected chi connectivity index (χ2v) is 1.95. The van der Waals surface area contributed by atoms with Gasteiger partial charge in [-0.2, -0.15) is 0 Å². The van der Waals surface area contributed by atoms with E-state index in [2.05, 4.69) is 5.16 Å². The fourth-order valence-corrected chi connectivity index (χ4v) is 0.630. The SMILES string of the molecule is CCO/N=C/C(OCC)OCC. The van der Waals surface area contributed by atoms with E-state index >= 15 is 0 Å².